The number of aromatic nitrogens is 2. The van der Waals surface area contributed by atoms with Gasteiger partial charge in [0, 0.05) is 57.4 Å². The minimum absolute atomic E-state index is 0.0930. The summed E-state index contributed by atoms with van der Waals surface area (Å²) in [6, 6.07) is 12.3. The van der Waals surface area contributed by atoms with Crippen molar-refractivity contribution in [3.63, 3.8) is 0 Å². The van der Waals surface area contributed by atoms with Crippen molar-refractivity contribution in [1.29, 1.82) is 0 Å². The van der Waals surface area contributed by atoms with Crippen molar-refractivity contribution >= 4 is 11.7 Å². The summed E-state index contributed by atoms with van der Waals surface area (Å²) in [6.45, 7) is 5.93. The maximum atomic E-state index is 12.6. The molecular weight excluding hydrogens is 394 g/mol. The van der Waals surface area contributed by atoms with Crippen LogP contribution in [0, 0.1) is 11.3 Å². The number of aliphatic hydroxyl groups is 1. The number of aliphatic hydroxyl groups excluding tert-OH is 1. The fourth-order valence-electron chi connectivity index (χ4n) is 5.71. The molecule has 8 nitrogen and oxygen atoms in total. The van der Waals surface area contributed by atoms with Crippen molar-refractivity contribution < 1.29 is 14.6 Å². The molecular formula is C23H31N5O3. The SMILES string of the molecule is Cn1ccc(NC(=O)CN2C[C@H](O)[C@@]3(C2)[C@H](CN2CCOCC2)[C@H]3c2ccccc2)n1. The Morgan fingerprint density at radius 2 is 2.00 bits per heavy atom. The number of amides is 1. The molecule has 8 heteroatoms. The van der Waals surface area contributed by atoms with Crippen molar-refractivity contribution in [2.75, 3.05) is 57.8 Å². The van der Waals surface area contributed by atoms with Gasteiger partial charge in [0.15, 0.2) is 5.82 Å². The molecule has 166 valence electrons. The summed E-state index contributed by atoms with van der Waals surface area (Å²) in [5.41, 5.74) is 1.10. The second-order valence-corrected chi connectivity index (χ2v) is 9.13. The number of aryl methyl sites for hydroxylation is 1. The third-order valence-corrected chi connectivity index (χ3v) is 7.18. The quantitative estimate of drug-likeness (QED) is 0.711. The monoisotopic (exact) mass is 425 g/mol. The van der Waals surface area contributed by atoms with Gasteiger partial charge in [0.25, 0.3) is 0 Å². The van der Waals surface area contributed by atoms with Crippen molar-refractivity contribution in [3.8, 4) is 0 Å². The van der Waals surface area contributed by atoms with Crippen LogP contribution in [0.5, 0.6) is 0 Å². The van der Waals surface area contributed by atoms with E-state index in [1.54, 1.807) is 16.9 Å². The van der Waals surface area contributed by atoms with Gasteiger partial charge in [-0.05, 0) is 17.4 Å². The first kappa shape index (κ1) is 20.6. The molecule has 1 aromatic heterocycles. The van der Waals surface area contributed by atoms with Gasteiger partial charge in [-0.2, -0.15) is 5.10 Å². The molecule has 4 atom stereocenters. The minimum atomic E-state index is -0.439. The summed E-state index contributed by atoms with van der Waals surface area (Å²) in [5.74, 6) is 1.16. The smallest absolute Gasteiger partial charge is 0.239 e. The lowest BCUT2D eigenvalue weighted by atomic mass is 9.95. The van der Waals surface area contributed by atoms with Crippen molar-refractivity contribution in [1.82, 2.24) is 19.6 Å². The van der Waals surface area contributed by atoms with Gasteiger partial charge in [0.1, 0.15) is 0 Å². The lowest BCUT2D eigenvalue weighted by molar-refractivity contribution is -0.117. The fourth-order valence-corrected chi connectivity index (χ4v) is 5.71. The zero-order valence-corrected chi connectivity index (χ0v) is 18.0. The summed E-state index contributed by atoms with van der Waals surface area (Å²) in [6.07, 6.45) is 1.36. The predicted molar refractivity (Wildman–Crippen MR) is 117 cm³/mol. The highest BCUT2D eigenvalue weighted by Crippen LogP contribution is 2.69. The normalized spacial score (nSPS) is 31.2. The lowest BCUT2D eigenvalue weighted by Gasteiger charge is -2.27. The average molecular weight is 426 g/mol. The van der Waals surface area contributed by atoms with Gasteiger partial charge in [-0.25, -0.2) is 0 Å². The van der Waals surface area contributed by atoms with Crippen LogP contribution in [-0.4, -0.2) is 89.2 Å². The average Bonchev–Trinajstić information content (AvgIpc) is 2.99. The molecule has 0 radical (unpaired) electrons. The Morgan fingerprint density at radius 1 is 1.23 bits per heavy atom. The number of ether oxygens (including phenoxy) is 1. The summed E-state index contributed by atoms with van der Waals surface area (Å²) in [5, 5.41) is 18.3. The zero-order valence-electron chi connectivity index (χ0n) is 18.0. The molecule has 0 unspecified atom stereocenters. The van der Waals surface area contributed by atoms with Gasteiger partial charge >= 0.3 is 0 Å². The Labute approximate surface area is 182 Å². The van der Waals surface area contributed by atoms with E-state index in [4.69, 9.17) is 4.74 Å². The van der Waals surface area contributed by atoms with Crippen molar-refractivity contribution in [2.45, 2.75) is 12.0 Å². The lowest BCUT2D eigenvalue weighted by Crippen LogP contribution is -2.39. The topological polar surface area (TPSA) is 82.9 Å². The summed E-state index contributed by atoms with van der Waals surface area (Å²) in [7, 11) is 1.82. The van der Waals surface area contributed by atoms with E-state index < -0.39 is 6.10 Å². The Balaban J connectivity index is 1.29. The van der Waals surface area contributed by atoms with Crippen molar-refractivity contribution in [3.05, 3.63) is 48.2 Å². The number of rotatable bonds is 6. The number of benzene rings is 1. The van der Waals surface area contributed by atoms with Crippen LogP contribution in [0.3, 0.4) is 0 Å². The molecule has 1 saturated carbocycles. The third kappa shape index (κ3) is 4.01. The van der Waals surface area contributed by atoms with E-state index in [9.17, 15) is 9.90 Å². The molecule has 2 saturated heterocycles. The number of morpholine rings is 1. The maximum absolute atomic E-state index is 12.6. The first-order chi connectivity index (χ1) is 15.1. The predicted octanol–water partition coefficient (Wildman–Crippen LogP) is 0.767. The van der Waals surface area contributed by atoms with Gasteiger partial charge in [0.2, 0.25) is 5.91 Å². The molecule has 1 amide bonds. The van der Waals surface area contributed by atoms with Gasteiger partial charge in [-0.1, -0.05) is 30.3 Å². The van der Waals surface area contributed by atoms with Crippen LogP contribution in [0.4, 0.5) is 5.82 Å². The van der Waals surface area contributed by atoms with Crippen LogP contribution < -0.4 is 5.32 Å². The number of hydrogen-bond acceptors (Lipinski definition) is 6. The molecule has 1 aliphatic carbocycles. The number of β-amino-alcohol motifs (C(OH)–C–C–N with tert-alkyl or cyclic N) is 1. The van der Waals surface area contributed by atoms with Crippen LogP contribution in [-0.2, 0) is 16.6 Å². The van der Waals surface area contributed by atoms with E-state index in [-0.39, 0.29) is 17.9 Å². The van der Waals surface area contributed by atoms with Gasteiger partial charge in [-0.3, -0.25) is 19.3 Å². The van der Waals surface area contributed by atoms with Crippen molar-refractivity contribution in [2.24, 2.45) is 18.4 Å². The second kappa shape index (κ2) is 8.35. The molecule has 3 heterocycles. The van der Waals surface area contributed by atoms with Crippen LogP contribution in [0.25, 0.3) is 0 Å². The Bertz CT molecular complexity index is 913. The molecule has 0 bridgehead atoms. The second-order valence-electron chi connectivity index (χ2n) is 9.13. The van der Waals surface area contributed by atoms with E-state index in [0.29, 0.717) is 24.2 Å². The van der Waals surface area contributed by atoms with E-state index in [1.165, 1.54) is 5.56 Å². The molecule has 2 aliphatic heterocycles. The van der Waals surface area contributed by atoms with Crippen LogP contribution >= 0.6 is 0 Å². The first-order valence-corrected chi connectivity index (χ1v) is 11.1. The number of hydrogen-bond donors (Lipinski definition) is 2. The fraction of sp³-hybridized carbons (Fsp3) is 0.565. The highest BCUT2D eigenvalue weighted by Gasteiger charge is 2.71. The Morgan fingerprint density at radius 3 is 2.71 bits per heavy atom. The van der Waals surface area contributed by atoms with Crippen LogP contribution in [0.1, 0.15) is 11.5 Å². The Kier molecular flexibility index (Phi) is 5.56. The highest BCUT2D eigenvalue weighted by molar-refractivity contribution is 5.91. The third-order valence-electron chi connectivity index (χ3n) is 7.18. The van der Waals surface area contributed by atoms with E-state index in [2.05, 4.69) is 44.5 Å². The van der Waals surface area contributed by atoms with Crippen LogP contribution in [0.2, 0.25) is 0 Å². The zero-order chi connectivity index (χ0) is 21.4. The summed E-state index contributed by atoms with van der Waals surface area (Å²) in [4.78, 5) is 17.1. The number of nitrogens with zero attached hydrogens (tertiary/aromatic N) is 4. The first-order valence-electron chi connectivity index (χ1n) is 11.1. The van der Waals surface area contributed by atoms with E-state index >= 15 is 0 Å². The molecule has 2 N–H and O–H groups in total. The molecule has 1 spiro atoms. The summed E-state index contributed by atoms with van der Waals surface area (Å²) >= 11 is 0. The highest BCUT2D eigenvalue weighted by atomic mass is 16.5. The summed E-state index contributed by atoms with van der Waals surface area (Å²) < 4.78 is 7.17. The Hall–Kier alpha value is -2.26. The number of nitrogens with one attached hydrogen (secondary N) is 1. The molecule has 2 aromatic rings. The number of carbonyl (C=O) groups is 1. The molecule has 3 aliphatic rings. The molecule has 31 heavy (non-hydrogen) atoms. The van der Waals surface area contributed by atoms with Gasteiger partial charge in [0.05, 0.1) is 25.9 Å². The van der Waals surface area contributed by atoms with E-state index in [0.717, 1.165) is 39.4 Å². The van der Waals surface area contributed by atoms with Gasteiger partial charge < -0.3 is 15.2 Å². The maximum Gasteiger partial charge on any atom is 0.239 e. The van der Waals surface area contributed by atoms with Crippen LogP contribution in [0.15, 0.2) is 42.6 Å². The minimum Gasteiger partial charge on any atom is -0.391 e. The largest absolute Gasteiger partial charge is 0.391 e. The standard InChI is InChI=1S/C23H31N5O3/c1-26-8-7-20(25-26)24-21(30)15-28-14-19(29)23(16-28)18(13-27-9-11-31-12-10-27)22(23)17-5-3-2-4-6-17/h2-8,18-19,22,29H,9-16H2,1H3,(H,24,25,30)/t18-,19+,22-,23-/m1/s1. The number of carbonyl (C=O) groups excluding carboxylic acids is 1. The number of likely N-dealkylation sites (tertiary alicyclic amines) is 1. The van der Waals surface area contributed by atoms with Gasteiger partial charge in [-0.15, -0.1) is 0 Å². The molecule has 1 aromatic carbocycles. The molecule has 3 fully saturated rings. The molecule has 5 rings (SSSR count). The van der Waals surface area contributed by atoms with E-state index in [1.807, 2.05) is 13.1 Å². The number of anilines is 1.